The van der Waals surface area contributed by atoms with Crippen LogP contribution in [-0.2, 0) is 29.0 Å². The van der Waals surface area contributed by atoms with Crippen molar-refractivity contribution in [1.82, 2.24) is 10.2 Å². The minimum atomic E-state index is 0.108. The quantitative estimate of drug-likeness (QED) is 0.841. The third-order valence-electron chi connectivity index (χ3n) is 5.24. The molecule has 0 radical (unpaired) electrons. The van der Waals surface area contributed by atoms with Crippen molar-refractivity contribution in [3.8, 4) is 5.75 Å². The van der Waals surface area contributed by atoms with Gasteiger partial charge in [0.25, 0.3) is 0 Å². The summed E-state index contributed by atoms with van der Waals surface area (Å²) in [5, 5.41) is 3.03. The van der Waals surface area contributed by atoms with E-state index < -0.39 is 0 Å². The molecule has 0 atom stereocenters. The van der Waals surface area contributed by atoms with E-state index in [4.69, 9.17) is 4.74 Å². The van der Waals surface area contributed by atoms with Gasteiger partial charge in [0.05, 0.1) is 13.0 Å². The lowest BCUT2D eigenvalue weighted by Crippen LogP contribution is -2.33. The number of hydrogen-bond donors (Lipinski definition) is 1. The summed E-state index contributed by atoms with van der Waals surface area (Å²) in [5.41, 5.74) is 3.14. The monoisotopic (exact) mass is 378 g/mol. The molecule has 0 saturated heterocycles. The van der Waals surface area contributed by atoms with Crippen molar-refractivity contribution in [2.24, 2.45) is 0 Å². The molecule has 1 fully saturated rings. The Hall–Kier alpha value is -2.82. The molecule has 1 N–H and O–H groups in total. The molecular formula is C23H26N2O3. The lowest BCUT2D eigenvalue weighted by atomic mass is 10.0. The van der Waals surface area contributed by atoms with E-state index in [2.05, 4.69) is 11.4 Å². The van der Waals surface area contributed by atoms with Crippen LogP contribution in [0.2, 0.25) is 0 Å². The average Bonchev–Trinajstić information content (AvgIpc) is 3.53. The summed E-state index contributed by atoms with van der Waals surface area (Å²) >= 11 is 0. The van der Waals surface area contributed by atoms with Crippen LogP contribution < -0.4 is 10.1 Å². The van der Waals surface area contributed by atoms with Crippen LogP contribution in [0.4, 0.5) is 0 Å². The number of nitrogens with one attached hydrogen (secondary N) is 1. The summed E-state index contributed by atoms with van der Waals surface area (Å²) in [7, 11) is 0. The largest absolute Gasteiger partial charge is 0.491 e. The van der Waals surface area contributed by atoms with Gasteiger partial charge < -0.3 is 15.0 Å². The second-order valence-electron chi connectivity index (χ2n) is 7.61. The fourth-order valence-corrected chi connectivity index (χ4v) is 3.48. The maximum atomic E-state index is 12.8. The van der Waals surface area contributed by atoms with E-state index in [1.54, 1.807) is 0 Å². The van der Waals surface area contributed by atoms with Crippen molar-refractivity contribution in [1.29, 1.82) is 0 Å². The molecule has 5 nitrogen and oxygen atoms in total. The van der Waals surface area contributed by atoms with E-state index in [0.717, 1.165) is 35.3 Å². The topological polar surface area (TPSA) is 58.6 Å². The molecule has 0 bridgehead atoms. The molecule has 0 aromatic heterocycles. The minimum absolute atomic E-state index is 0.108. The molecule has 2 amide bonds. The molecule has 2 aromatic rings. The number of benzene rings is 2. The zero-order valence-electron chi connectivity index (χ0n) is 16.0. The maximum Gasteiger partial charge on any atom is 0.227 e. The first-order chi connectivity index (χ1) is 13.7. The van der Waals surface area contributed by atoms with Gasteiger partial charge in [-0.05, 0) is 36.5 Å². The van der Waals surface area contributed by atoms with Crippen LogP contribution in [0, 0.1) is 0 Å². The number of aryl methyl sites for hydroxylation is 1. The molecule has 0 unspecified atom stereocenters. The number of nitrogens with zero attached hydrogens (tertiary/aromatic N) is 1. The highest BCUT2D eigenvalue weighted by atomic mass is 16.5. The van der Waals surface area contributed by atoms with Crippen molar-refractivity contribution >= 4 is 11.8 Å². The third kappa shape index (κ3) is 4.91. The molecule has 1 heterocycles. The fraction of sp³-hybridized carbons (Fsp3) is 0.391. The first-order valence-electron chi connectivity index (χ1n) is 10.0. The first-order valence-corrected chi connectivity index (χ1v) is 10.0. The van der Waals surface area contributed by atoms with Crippen LogP contribution in [0.25, 0.3) is 0 Å². The van der Waals surface area contributed by atoms with Crippen molar-refractivity contribution in [3.63, 3.8) is 0 Å². The Kier molecular flexibility index (Phi) is 5.60. The number of hydrogen-bond acceptors (Lipinski definition) is 3. The zero-order chi connectivity index (χ0) is 19.3. The van der Waals surface area contributed by atoms with Gasteiger partial charge in [0.2, 0.25) is 11.8 Å². The minimum Gasteiger partial charge on any atom is -0.491 e. The maximum absolute atomic E-state index is 12.8. The Morgan fingerprint density at radius 1 is 1.07 bits per heavy atom. The highest BCUT2D eigenvalue weighted by Gasteiger charge is 2.23. The van der Waals surface area contributed by atoms with Crippen molar-refractivity contribution < 1.29 is 14.3 Å². The molecular weight excluding hydrogens is 352 g/mol. The highest BCUT2D eigenvalue weighted by Crippen LogP contribution is 2.25. The van der Waals surface area contributed by atoms with Gasteiger partial charge in [0, 0.05) is 24.6 Å². The standard InChI is InChI=1S/C23H26N2O3/c26-22(24-20-8-9-20)11-7-18-6-10-21-19(14-18)16-25(12-13-28-21)23(27)15-17-4-2-1-3-5-17/h1-6,10,14,20H,7-9,11-13,15-16H2,(H,24,26). The summed E-state index contributed by atoms with van der Waals surface area (Å²) in [5.74, 6) is 1.06. The Morgan fingerprint density at radius 2 is 1.89 bits per heavy atom. The predicted molar refractivity (Wildman–Crippen MR) is 107 cm³/mol. The summed E-state index contributed by atoms with van der Waals surface area (Å²) in [6.07, 6.45) is 3.80. The van der Waals surface area contributed by atoms with E-state index in [9.17, 15) is 9.59 Å². The molecule has 1 saturated carbocycles. The SMILES string of the molecule is O=C(CCc1ccc2c(c1)CN(C(=O)Cc1ccccc1)CCO2)NC1CC1. The molecule has 5 heteroatoms. The number of fused-ring (bicyclic) bond motifs is 1. The van der Waals surface area contributed by atoms with Gasteiger partial charge in [0.15, 0.2) is 0 Å². The lowest BCUT2D eigenvalue weighted by molar-refractivity contribution is -0.131. The molecule has 0 spiro atoms. The fourth-order valence-electron chi connectivity index (χ4n) is 3.48. The van der Waals surface area contributed by atoms with Gasteiger partial charge in [-0.15, -0.1) is 0 Å². The lowest BCUT2D eigenvalue weighted by Gasteiger charge is -2.20. The van der Waals surface area contributed by atoms with Crippen LogP contribution in [0.1, 0.15) is 36.0 Å². The summed E-state index contributed by atoms with van der Waals surface area (Å²) in [6, 6.07) is 16.3. The van der Waals surface area contributed by atoms with E-state index >= 15 is 0 Å². The Labute approximate surface area is 165 Å². The number of rotatable bonds is 6. The second kappa shape index (κ2) is 8.46. The summed E-state index contributed by atoms with van der Waals surface area (Å²) in [4.78, 5) is 26.6. The van der Waals surface area contributed by atoms with E-state index in [-0.39, 0.29) is 11.8 Å². The normalized spacial score (nSPS) is 15.9. The van der Waals surface area contributed by atoms with E-state index in [1.807, 2.05) is 47.4 Å². The number of amides is 2. The van der Waals surface area contributed by atoms with Gasteiger partial charge in [-0.1, -0.05) is 42.5 Å². The number of carbonyl (C=O) groups is 2. The van der Waals surface area contributed by atoms with Gasteiger partial charge >= 0.3 is 0 Å². The average molecular weight is 378 g/mol. The van der Waals surface area contributed by atoms with Gasteiger partial charge in [-0.3, -0.25) is 9.59 Å². The van der Waals surface area contributed by atoms with Gasteiger partial charge in [-0.25, -0.2) is 0 Å². The summed E-state index contributed by atoms with van der Waals surface area (Å²) in [6.45, 7) is 1.62. The van der Waals surface area contributed by atoms with Crippen LogP contribution in [0.5, 0.6) is 5.75 Å². The first kappa shape index (κ1) is 18.5. The van der Waals surface area contributed by atoms with Crippen molar-refractivity contribution in [2.75, 3.05) is 13.2 Å². The molecule has 146 valence electrons. The van der Waals surface area contributed by atoms with E-state index in [1.165, 1.54) is 0 Å². The zero-order valence-corrected chi connectivity index (χ0v) is 16.0. The third-order valence-corrected chi connectivity index (χ3v) is 5.24. The molecule has 1 aliphatic carbocycles. The summed E-state index contributed by atoms with van der Waals surface area (Å²) < 4.78 is 5.85. The van der Waals surface area contributed by atoms with Crippen molar-refractivity contribution in [3.05, 3.63) is 65.2 Å². The molecule has 4 rings (SSSR count). The molecule has 28 heavy (non-hydrogen) atoms. The number of ether oxygens (including phenoxy) is 1. The van der Waals surface area contributed by atoms with E-state index in [0.29, 0.717) is 45.0 Å². The van der Waals surface area contributed by atoms with Crippen LogP contribution in [0.15, 0.2) is 48.5 Å². The smallest absolute Gasteiger partial charge is 0.227 e. The Morgan fingerprint density at radius 3 is 2.68 bits per heavy atom. The number of carbonyl (C=O) groups excluding carboxylic acids is 2. The predicted octanol–water partition coefficient (Wildman–Crippen LogP) is 2.86. The second-order valence-corrected chi connectivity index (χ2v) is 7.61. The Bertz CT molecular complexity index is 846. The van der Waals surface area contributed by atoms with Gasteiger partial charge in [0.1, 0.15) is 12.4 Å². The van der Waals surface area contributed by atoms with Gasteiger partial charge in [-0.2, -0.15) is 0 Å². The molecule has 2 aromatic carbocycles. The van der Waals surface area contributed by atoms with Crippen LogP contribution in [-0.4, -0.2) is 35.9 Å². The highest BCUT2D eigenvalue weighted by molar-refractivity contribution is 5.79. The molecule has 2 aliphatic rings. The van der Waals surface area contributed by atoms with Crippen LogP contribution >= 0.6 is 0 Å². The molecule has 1 aliphatic heterocycles. The Balaban J connectivity index is 1.39. The van der Waals surface area contributed by atoms with Crippen molar-refractivity contribution in [2.45, 2.75) is 44.7 Å². The van der Waals surface area contributed by atoms with Crippen LogP contribution in [0.3, 0.4) is 0 Å².